The standard InChI is InChI=1S/C33H34BNO2/c1-32(2,3)23-21-26(30(36)27(22-23)33(4,5)6)31-35(28-19-13-14-20-29(28)37-31)34(24-15-9-7-10-16-24)25-17-11-8-12-18-25/h7-22H,1-6H3/p+1. The van der Waals surface area contributed by atoms with Crippen molar-refractivity contribution in [3.05, 3.63) is 120 Å². The van der Waals surface area contributed by atoms with Crippen LogP contribution in [0, 0.1) is 10.8 Å². The fourth-order valence-corrected chi connectivity index (χ4v) is 5.16. The third-order valence-corrected chi connectivity index (χ3v) is 7.20. The van der Waals surface area contributed by atoms with Crippen LogP contribution >= 0.6 is 0 Å². The third-order valence-electron chi connectivity index (χ3n) is 7.20. The lowest BCUT2D eigenvalue weighted by atomic mass is 9.49. The van der Waals surface area contributed by atoms with E-state index in [0.717, 1.165) is 38.3 Å². The first-order valence-electron chi connectivity index (χ1n) is 13.0. The number of carbonyl (C=O) groups excluding carboxylic acids is 1. The molecule has 1 aliphatic carbocycles. The number of para-hydroxylation sites is 2. The van der Waals surface area contributed by atoms with Gasteiger partial charge in [-0.2, -0.15) is 0 Å². The van der Waals surface area contributed by atoms with Gasteiger partial charge in [0.05, 0.1) is 0 Å². The number of hydrogen-bond donors (Lipinski definition) is 1. The normalized spacial score (nSPS) is 19.6. The molecule has 2 aliphatic rings. The van der Waals surface area contributed by atoms with Gasteiger partial charge in [0.25, 0.3) is 5.88 Å². The lowest BCUT2D eigenvalue weighted by Gasteiger charge is -2.31. The van der Waals surface area contributed by atoms with E-state index in [1.54, 1.807) is 0 Å². The second-order valence-electron chi connectivity index (χ2n) is 12.0. The lowest BCUT2D eigenvalue weighted by molar-refractivity contribution is -0.671. The van der Waals surface area contributed by atoms with E-state index >= 15 is 0 Å². The van der Waals surface area contributed by atoms with E-state index in [1.807, 2.05) is 30.3 Å². The predicted octanol–water partition coefficient (Wildman–Crippen LogP) is 5.14. The minimum atomic E-state index is -0.294. The molecule has 0 radical (unpaired) electrons. The molecule has 186 valence electrons. The Morgan fingerprint density at radius 1 is 0.676 bits per heavy atom. The third kappa shape index (κ3) is 4.74. The van der Waals surface area contributed by atoms with Gasteiger partial charge in [0.1, 0.15) is 5.57 Å². The maximum absolute atomic E-state index is 14.2. The van der Waals surface area contributed by atoms with Gasteiger partial charge in [0.2, 0.25) is 0 Å². The van der Waals surface area contributed by atoms with Crippen LogP contribution in [0.5, 0.6) is 5.75 Å². The van der Waals surface area contributed by atoms with E-state index in [1.165, 1.54) is 0 Å². The van der Waals surface area contributed by atoms with Gasteiger partial charge >= 0.3 is 6.85 Å². The van der Waals surface area contributed by atoms with Gasteiger partial charge in [-0.05, 0) is 39.5 Å². The number of benzene rings is 3. The molecule has 4 heteroatoms. The summed E-state index contributed by atoms with van der Waals surface area (Å²) in [6.45, 7) is 12.8. The average Bonchev–Trinajstić information content (AvgIpc) is 3.23. The fourth-order valence-electron chi connectivity index (χ4n) is 5.16. The minimum absolute atomic E-state index is 0.0423. The molecular formula is C33H35BNO2+. The maximum atomic E-state index is 14.2. The molecule has 0 amide bonds. The largest absolute Gasteiger partial charge is 0.487 e. The minimum Gasteiger partial charge on any atom is -0.407 e. The molecule has 3 aromatic carbocycles. The lowest BCUT2D eigenvalue weighted by Crippen LogP contribution is -3.15. The van der Waals surface area contributed by atoms with Crippen molar-refractivity contribution in [2.24, 2.45) is 10.8 Å². The summed E-state index contributed by atoms with van der Waals surface area (Å²) in [4.78, 5) is 15.2. The number of carbonyl (C=O) groups is 1. The Morgan fingerprint density at radius 2 is 1.22 bits per heavy atom. The van der Waals surface area contributed by atoms with Crippen LogP contribution in [0.2, 0.25) is 0 Å². The molecule has 1 aliphatic heterocycles. The molecule has 37 heavy (non-hydrogen) atoms. The first-order valence-corrected chi connectivity index (χ1v) is 13.0. The molecule has 0 bridgehead atoms. The zero-order valence-corrected chi connectivity index (χ0v) is 22.6. The molecule has 1 atom stereocenters. The number of rotatable bonds is 3. The monoisotopic (exact) mass is 488 g/mol. The van der Waals surface area contributed by atoms with Gasteiger partial charge < -0.3 is 4.74 Å². The summed E-state index contributed by atoms with van der Waals surface area (Å²) in [6, 6.07) is 29.2. The molecule has 3 nitrogen and oxygen atoms in total. The van der Waals surface area contributed by atoms with Crippen LogP contribution < -0.4 is 20.5 Å². The summed E-state index contributed by atoms with van der Waals surface area (Å²) in [5, 5.41) is 0. The van der Waals surface area contributed by atoms with Crippen molar-refractivity contribution in [2.45, 2.75) is 41.5 Å². The molecule has 1 N–H and O–H groups in total. The van der Waals surface area contributed by atoms with Gasteiger partial charge in [-0.1, -0.05) is 120 Å². The highest BCUT2D eigenvalue weighted by Gasteiger charge is 2.48. The van der Waals surface area contributed by atoms with Crippen molar-refractivity contribution in [1.29, 1.82) is 0 Å². The summed E-state index contributed by atoms with van der Waals surface area (Å²) in [5.41, 5.74) is 5.54. The number of Topliss-reactive ketones (excluding diaryl/α,β-unsaturated/α-hetero) is 1. The topological polar surface area (TPSA) is 30.7 Å². The van der Waals surface area contributed by atoms with E-state index in [2.05, 4.69) is 108 Å². The Balaban J connectivity index is 1.80. The smallest absolute Gasteiger partial charge is 0.407 e. The quantitative estimate of drug-likeness (QED) is 0.409. The van der Waals surface area contributed by atoms with Crippen molar-refractivity contribution in [3.63, 3.8) is 0 Å². The van der Waals surface area contributed by atoms with Crippen LogP contribution in [-0.2, 0) is 4.79 Å². The van der Waals surface area contributed by atoms with Gasteiger partial charge in [0, 0.05) is 11.6 Å². The zero-order valence-electron chi connectivity index (χ0n) is 22.6. The second-order valence-corrected chi connectivity index (χ2v) is 12.0. The van der Waals surface area contributed by atoms with Crippen LogP contribution in [0.25, 0.3) is 0 Å². The number of quaternary nitrogens is 1. The molecule has 0 fully saturated rings. The predicted molar refractivity (Wildman–Crippen MR) is 153 cm³/mol. The maximum Gasteiger partial charge on any atom is 0.487 e. The zero-order chi connectivity index (χ0) is 26.4. The average molecular weight is 488 g/mol. The van der Waals surface area contributed by atoms with Gasteiger partial charge in [-0.15, -0.1) is 0 Å². The van der Waals surface area contributed by atoms with Crippen molar-refractivity contribution in [2.75, 3.05) is 0 Å². The summed E-state index contributed by atoms with van der Waals surface area (Å²) in [5.74, 6) is 1.50. The number of allylic oxidation sites excluding steroid dienone is 5. The molecule has 0 saturated carbocycles. The van der Waals surface area contributed by atoms with Crippen molar-refractivity contribution in [1.82, 2.24) is 0 Å². The summed E-state index contributed by atoms with van der Waals surface area (Å²) < 4.78 is 6.63. The Kier molecular flexibility index (Phi) is 6.33. The number of ketones is 1. The first kappa shape index (κ1) is 25.0. The Morgan fingerprint density at radius 3 is 1.76 bits per heavy atom. The summed E-state index contributed by atoms with van der Waals surface area (Å²) in [6.07, 6.45) is 4.16. The summed E-state index contributed by atoms with van der Waals surface area (Å²) >= 11 is 0. The van der Waals surface area contributed by atoms with Crippen LogP contribution in [0.1, 0.15) is 41.5 Å². The van der Waals surface area contributed by atoms with Crippen molar-refractivity contribution >= 4 is 29.2 Å². The van der Waals surface area contributed by atoms with Crippen LogP contribution in [0.15, 0.2) is 120 Å². The number of fused-ring (bicyclic) bond motifs is 1. The van der Waals surface area contributed by atoms with Crippen molar-refractivity contribution < 1.29 is 14.3 Å². The highest BCUT2D eigenvalue weighted by Crippen LogP contribution is 2.40. The highest BCUT2D eigenvalue weighted by molar-refractivity contribution is 6.78. The Hall–Kier alpha value is -3.63. The summed E-state index contributed by atoms with van der Waals surface area (Å²) in [7, 11) is 0. The second kappa shape index (κ2) is 9.35. The SMILES string of the molecule is CC(C)(C)C1=CC(=C2Oc3ccccc3[NH+]2B(c2ccccc2)c2ccccc2)C(=O)C(C(C)(C)C)=C1. The van der Waals surface area contributed by atoms with E-state index in [4.69, 9.17) is 4.74 Å². The number of nitrogens with one attached hydrogen (secondary N) is 1. The molecular weight excluding hydrogens is 453 g/mol. The molecule has 3 aromatic rings. The molecule has 0 aromatic heterocycles. The Bertz CT molecular complexity index is 1380. The van der Waals surface area contributed by atoms with Gasteiger partial charge in [-0.3, -0.25) is 9.61 Å². The van der Waals surface area contributed by atoms with E-state index in [-0.39, 0.29) is 23.5 Å². The Labute approximate surface area is 221 Å². The number of hydrogen-bond acceptors (Lipinski definition) is 2. The van der Waals surface area contributed by atoms with Crippen LogP contribution in [0.3, 0.4) is 0 Å². The van der Waals surface area contributed by atoms with Crippen molar-refractivity contribution in [3.8, 4) is 5.75 Å². The van der Waals surface area contributed by atoms with Crippen LogP contribution in [-0.4, -0.2) is 12.6 Å². The highest BCUT2D eigenvalue weighted by atomic mass is 16.5. The first-order chi connectivity index (χ1) is 17.6. The van der Waals surface area contributed by atoms with E-state index in [0.29, 0.717) is 11.5 Å². The van der Waals surface area contributed by atoms with Gasteiger partial charge in [-0.25, -0.2) is 0 Å². The van der Waals surface area contributed by atoms with E-state index in [9.17, 15) is 4.79 Å². The fraction of sp³-hybridized carbons (Fsp3) is 0.242. The molecule has 0 spiro atoms. The molecule has 1 heterocycles. The number of ether oxygens (including phenoxy) is 1. The van der Waals surface area contributed by atoms with Gasteiger partial charge in [0.15, 0.2) is 17.2 Å². The molecule has 0 saturated heterocycles. The van der Waals surface area contributed by atoms with E-state index < -0.39 is 0 Å². The molecule has 5 rings (SSSR count). The van der Waals surface area contributed by atoms with Crippen LogP contribution in [0.4, 0.5) is 5.69 Å². The molecule has 1 unspecified atom stereocenters.